The fourth-order valence-corrected chi connectivity index (χ4v) is 3.19. The van der Waals surface area contributed by atoms with Crippen LogP contribution < -0.4 is 0 Å². The summed E-state index contributed by atoms with van der Waals surface area (Å²) in [6.45, 7) is 5.86. The summed E-state index contributed by atoms with van der Waals surface area (Å²) < 4.78 is 2.31. The summed E-state index contributed by atoms with van der Waals surface area (Å²) >= 11 is 6.10. The minimum Gasteiger partial charge on any atom is -0.327 e. The Morgan fingerprint density at radius 2 is 2.11 bits per heavy atom. The van der Waals surface area contributed by atoms with Gasteiger partial charge in [0.05, 0.1) is 17.4 Å². The van der Waals surface area contributed by atoms with Gasteiger partial charge in [0.25, 0.3) is 0 Å². The molecule has 0 aliphatic carbocycles. The van der Waals surface area contributed by atoms with E-state index < -0.39 is 0 Å². The van der Waals surface area contributed by atoms with E-state index in [9.17, 15) is 0 Å². The van der Waals surface area contributed by atoms with Crippen molar-refractivity contribution >= 4 is 22.6 Å². The summed E-state index contributed by atoms with van der Waals surface area (Å²) in [5.41, 5.74) is 2.21. The predicted molar refractivity (Wildman–Crippen MR) is 79.7 cm³/mol. The first-order valence-corrected chi connectivity index (χ1v) is 7.50. The smallest absolute Gasteiger partial charge is 0.0960 e. The quantitative estimate of drug-likeness (QED) is 0.852. The molecule has 1 fully saturated rings. The molecule has 3 rings (SSSR count). The first-order chi connectivity index (χ1) is 9.28. The summed E-state index contributed by atoms with van der Waals surface area (Å²) in [4.78, 5) is 7.04. The summed E-state index contributed by atoms with van der Waals surface area (Å²) in [5, 5.41) is 0.790. The van der Waals surface area contributed by atoms with Crippen molar-refractivity contribution in [3.63, 3.8) is 0 Å². The Hall–Kier alpha value is -1.06. The van der Waals surface area contributed by atoms with E-state index in [0.29, 0.717) is 6.04 Å². The third-order valence-corrected chi connectivity index (χ3v) is 4.26. The molecular weight excluding hydrogens is 258 g/mol. The topological polar surface area (TPSA) is 21.1 Å². The lowest BCUT2D eigenvalue weighted by molar-refractivity contribution is 0.188. The number of imidazole rings is 1. The number of fused-ring (bicyclic) bond motifs is 1. The third kappa shape index (κ3) is 2.63. The standard InChI is InChI=1S/C15H20ClN3/c1-2-7-18-8-5-13(6-9-18)19-11-17-14-4-3-12(16)10-15(14)19/h3-4,10-11,13H,2,5-9H2,1H3. The first kappa shape index (κ1) is 12.9. The molecular formula is C15H20ClN3. The number of nitrogens with zero attached hydrogens (tertiary/aromatic N) is 3. The lowest BCUT2D eigenvalue weighted by Crippen LogP contribution is -2.34. The van der Waals surface area contributed by atoms with Crippen LogP contribution in [0.3, 0.4) is 0 Å². The average molecular weight is 278 g/mol. The van der Waals surface area contributed by atoms with Crippen molar-refractivity contribution in [1.29, 1.82) is 0 Å². The van der Waals surface area contributed by atoms with E-state index in [4.69, 9.17) is 11.6 Å². The maximum Gasteiger partial charge on any atom is 0.0960 e. The Kier molecular flexibility index (Phi) is 3.76. The highest BCUT2D eigenvalue weighted by atomic mass is 35.5. The molecule has 0 N–H and O–H groups in total. The second kappa shape index (κ2) is 5.51. The van der Waals surface area contributed by atoms with Crippen molar-refractivity contribution in [2.45, 2.75) is 32.2 Å². The van der Waals surface area contributed by atoms with Crippen LogP contribution in [0, 0.1) is 0 Å². The molecule has 1 aromatic heterocycles. The van der Waals surface area contributed by atoms with Crippen LogP contribution in [-0.2, 0) is 0 Å². The molecule has 4 heteroatoms. The van der Waals surface area contributed by atoms with Gasteiger partial charge in [0, 0.05) is 24.2 Å². The van der Waals surface area contributed by atoms with Gasteiger partial charge in [-0.25, -0.2) is 4.98 Å². The molecule has 0 radical (unpaired) electrons. The minimum atomic E-state index is 0.566. The number of aromatic nitrogens is 2. The van der Waals surface area contributed by atoms with Crippen LogP contribution in [0.25, 0.3) is 11.0 Å². The molecule has 0 bridgehead atoms. The summed E-state index contributed by atoms with van der Waals surface area (Å²) in [6.07, 6.45) is 5.63. The van der Waals surface area contributed by atoms with Crippen molar-refractivity contribution in [2.24, 2.45) is 0 Å². The fourth-order valence-electron chi connectivity index (χ4n) is 3.03. The molecule has 3 nitrogen and oxygen atoms in total. The van der Waals surface area contributed by atoms with Gasteiger partial charge < -0.3 is 9.47 Å². The molecule has 0 spiro atoms. The van der Waals surface area contributed by atoms with Crippen molar-refractivity contribution < 1.29 is 0 Å². The van der Waals surface area contributed by atoms with Gasteiger partial charge in [-0.05, 0) is 44.0 Å². The monoisotopic (exact) mass is 277 g/mol. The maximum absolute atomic E-state index is 6.10. The van der Waals surface area contributed by atoms with Crippen molar-refractivity contribution in [3.05, 3.63) is 29.5 Å². The second-order valence-electron chi connectivity index (χ2n) is 5.36. The molecule has 1 aliphatic heterocycles. The largest absolute Gasteiger partial charge is 0.327 e. The summed E-state index contributed by atoms with van der Waals surface area (Å²) in [5.74, 6) is 0. The first-order valence-electron chi connectivity index (χ1n) is 7.12. The van der Waals surface area contributed by atoms with Crippen LogP contribution in [0.1, 0.15) is 32.2 Å². The lowest BCUT2D eigenvalue weighted by atomic mass is 10.0. The van der Waals surface area contributed by atoms with E-state index in [1.165, 1.54) is 44.4 Å². The normalized spacial score (nSPS) is 18.2. The van der Waals surface area contributed by atoms with E-state index in [0.717, 1.165) is 10.5 Å². The lowest BCUT2D eigenvalue weighted by Gasteiger charge is -2.32. The van der Waals surface area contributed by atoms with Crippen molar-refractivity contribution in [1.82, 2.24) is 14.5 Å². The zero-order valence-corrected chi connectivity index (χ0v) is 12.1. The Labute approximate surface area is 119 Å². The zero-order valence-electron chi connectivity index (χ0n) is 11.3. The van der Waals surface area contributed by atoms with E-state index in [2.05, 4.69) is 21.4 Å². The molecule has 0 unspecified atom stereocenters. The van der Waals surface area contributed by atoms with Gasteiger partial charge in [-0.3, -0.25) is 0 Å². The molecule has 19 heavy (non-hydrogen) atoms. The molecule has 2 aromatic rings. The van der Waals surface area contributed by atoms with Gasteiger partial charge in [0.1, 0.15) is 0 Å². The Morgan fingerprint density at radius 3 is 2.84 bits per heavy atom. The molecule has 1 aromatic carbocycles. The van der Waals surface area contributed by atoms with Gasteiger partial charge in [-0.2, -0.15) is 0 Å². The highest BCUT2D eigenvalue weighted by Gasteiger charge is 2.21. The Balaban J connectivity index is 1.80. The van der Waals surface area contributed by atoms with Crippen LogP contribution in [0.5, 0.6) is 0 Å². The molecule has 0 saturated carbocycles. The molecule has 2 heterocycles. The zero-order chi connectivity index (χ0) is 13.2. The van der Waals surface area contributed by atoms with Crippen LogP contribution in [0.4, 0.5) is 0 Å². The molecule has 1 saturated heterocycles. The Bertz CT molecular complexity index is 556. The molecule has 102 valence electrons. The highest BCUT2D eigenvalue weighted by Crippen LogP contribution is 2.27. The van der Waals surface area contributed by atoms with Gasteiger partial charge in [0.2, 0.25) is 0 Å². The number of rotatable bonds is 3. The van der Waals surface area contributed by atoms with Gasteiger partial charge >= 0.3 is 0 Å². The van der Waals surface area contributed by atoms with Crippen molar-refractivity contribution in [2.75, 3.05) is 19.6 Å². The highest BCUT2D eigenvalue weighted by molar-refractivity contribution is 6.31. The number of piperidine rings is 1. The van der Waals surface area contributed by atoms with Gasteiger partial charge in [0.15, 0.2) is 0 Å². The fraction of sp³-hybridized carbons (Fsp3) is 0.533. The van der Waals surface area contributed by atoms with E-state index in [1.807, 2.05) is 24.5 Å². The van der Waals surface area contributed by atoms with E-state index in [1.54, 1.807) is 0 Å². The number of benzene rings is 1. The SMILES string of the molecule is CCCN1CCC(n2cnc3ccc(Cl)cc32)CC1. The average Bonchev–Trinajstić information content (AvgIpc) is 2.83. The number of hydrogen-bond acceptors (Lipinski definition) is 2. The van der Waals surface area contributed by atoms with Gasteiger partial charge in [-0.1, -0.05) is 18.5 Å². The van der Waals surface area contributed by atoms with Crippen LogP contribution >= 0.6 is 11.6 Å². The third-order valence-electron chi connectivity index (χ3n) is 4.03. The second-order valence-corrected chi connectivity index (χ2v) is 5.79. The van der Waals surface area contributed by atoms with E-state index >= 15 is 0 Å². The van der Waals surface area contributed by atoms with Crippen LogP contribution in [0.2, 0.25) is 5.02 Å². The number of halogens is 1. The van der Waals surface area contributed by atoms with E-state index in [-0.39, 0.29) is 0 Å². The maximum atomic E-state index is 6.10. The van der Waals surface area contributed by atoms with Crippen LogP contribution in [-0.4, -0.2) is 34.1 Å². The summed E-state index contributed by atoms with van der Waals surface area (Å²) in [7, 11) is 0. The number of hydrogen-bond donors (Lipinski definition) is 0. The minimum absolute atomic E-state index is 0.566. The summed E-state index contributed by atoms with van der Waals surface area (Å²) in [6, 6.07) is 6.50. The van der Waals surface area contributed by atoms with Crippen molar-refractivity contribution in [3.8, 4) is 0 Å². The van der Waals surface area contributed by atoms with Gasteiger partial charge in [-0.15, -0.1) is 0 Å². The predicted octanol–water partition coefficient (Wildman–Crippen LogP) is 3.74. The van der Waals surface area contributed by atoms with Crippen LogP contribution in [0.15, 0.2) is 24.5 Å². The number of likely N-dealkylation sites (tertiary alicyclic amines) is 1. The Morgan fingerprint density at radius 1 is 1.32 bits per heavy atom. The molecule has 0 amide bonds. The molecule has 0 atom stereocenters. The molecule has 1 aliphatic rings.